The number of hydrogen-bond acceptors (Lipinski definition) is 9. The highest BCUT2D eigenvalue weighted by atomic mass is 32.2. The molecule has 13 heteroatoms. The van der Waals surface area contributed by atoms with Gasteiger partial charge in [-0.05, 0) is 13.0 Å². The second kappa shape index (κ2) is 5.77. The molecule has 27 heavy (non-hydrogen) atoms. The Balaban J connectivity index is 1.57. The summed E-state index contributed by atoms with van der Waals surface area (Å²) in [6.07, 6.45) is 1.06. The smallest absolute Gasteiger partial charge is 0.331 e. The van der Waals surface area contributed by atoms with Gasteiger partial charge in [0.15, 0.2) is 0 Å². The summed E-state index contributed by atoms with van der Waals surface area (Å²) in [5.74, 6) is -0.0721. The molecule has 0 saturated carbocycles. The molecule has 1 aliphatic heterocycles. The molecule has 0 aliphatic carbocycles. The predicted octanol–water partition coefficient (Wildman–Crippen LogP) is -0.389. The Hall–Kier alpha value is -3.48. The molecule has 4 rings (SSSR count). The number of nitrogens with two attached hydrogens (primary N) is 1. The third-order valence-electron chi connectivity index (χ3n) is 4.11. The van der Waals surface area contributed by atoms with Crippen molar-refractivity contribution in [2.75, 3.05) is 5.73 Å². The Bertz CT molecular complexity index is 1250. The van der Waals surface area contributed by atoms with Crippen molar-refractivity contribution in [2.24, 2.45) is 0 Å². The number of aromatic amines is 1. The predicted molar refractivity (Wildman–Crippen MR) is 90.8 cm³/mol. The number of H-pyrrole nitrogens is 1. The fourth-order valence-corrected chi connectivity index (χ4v) is 3.68. The Morgan fingerprint density at radius 1 is 1.41 bits per heavy atom. The van der Waals surface area contributed by atoms with E-state index < -0.39 is 21.6 Å². The van der Waals surface area contributed by atoms with E-state index in [4.69, 9.17) is 10.3 Å². The number of pyridine rings is 1. The van der Waals surface area contributed by atoms with E-state index in [2.05, 4.69) is 20.1 Å². The molecule has 0 unspecified atom stereocenters. The molecule has 0 fully saturated rings. The minimum Gasteiger partial charge on any atom is -0.369 e. The number of rotatable bonds is 2. The minimum atomic E-state index is -4.19. The van der Waals surface area contributed by atoms with E-state index in [1.54, 1.807) is 6.92 Å². The van der Waals surface area contributed by atoms with Crippen LogP contribution in [0.1, 0.15) is 17.0 Å². The Morgan fingerprint density at radius 3 is 2.96 bits per heavy atom. The lowest BCUT2D eigenvalue weighted by atomic mass is 10.3. The summed E-state index contributed by atoms with van der Waals surface area (Å²) in [7, 11) is -4.19. The van der Waals surface area contributed by atoms with Crippen LogP contribution in [0.15, 0.2) is 26.5 Å². The number of aromatic nitrogens is 4. The normalized spacial score (nSPS) is 13.7. The third kappa shape index (κ3) is 2.87. The molecule has 0 atom stereocenters. The third-order valence-corrected chi connectivity index (χ3v) is 5.40. The molecule has 140 valence electrons. The van der Waals surface area contributed by atoms with E-state index in [9.17, 15) is 18.0 Å². The van der Waals surface area contributed by atoms with Crippen molar-refractivity contribution in [2.45, 2.75) is 24.9 Å². The van der Waals surface area contributed by atoms with E-state index in [-0.39, 0.29) is 35.2 Å². The van der Waals surface area contributed by atoms with Crippen LogP contribution in [0, 0.1) is 6.92 Å². The Morgan fingerprint density at radius 2 is 2.19 bits per heavy atom. The van der Waals surface area contributed by atoms with E-state index in [0.29, 0.717) is 16.8 Å². The molecular weight excluding hydrogens is 378 g/mol. The fraction of sp³-hybridized carbons (Fsp3) is 0.214. The Kier molecular flexibility index (Phi) is 3.62. The van der Waals surface area contributed by atoms with E-state index >= 15 is 0 Å². The van der Waals surface area contributed by atoms with Gasteiger partial charge in [-0.3, -0.25) is 9.78 Å². The summed E-state index contributed by atoms with van der Waals surface area (Å²) in [6.45, 7) is 1.52. The van der Waals surface area contributed by atoms with Gasteiger partial charge in [-0.2, -0.15) is 0 Å². The molecule has 3 aromatic rings. The molecule has 12 nitrogen and oxygen atoms in total. The number of nitrogens with one attached hydrogen (secondary N) is 2. The van der Waals surface area contributed by atoms with Gasteiger partial charge in [-0.25, -0.2) is 27.9 Å². The number of sulfonamides is 1. The fourth-order valence-electron chi connectivity index (χ4n) is 2.74. The molecule has 4 heterocycles. The van der Waals surface area contributed by atoms with Crippen LogP contribution in [-0.4, -0.2) is 39.5 Å². The SMILES string of the molecule is Cc1noc2ncc(S(=O)(=O)NC(=O)N3Cc4nc(N)[nH]c(=O)c4C3)cc12. The van der Waals surface area contributed by atoms with Crippen LogP contribution in [0.25, 0.3) is 11.1 Å². The van der Waals surface area contributed by atoms with Crippen molar-refractivity contribution in [3.8, 4) is 0 Å². The molecule has 3 aromatic heterocycles. The summed E-state index contributed by atoms with van der Waals surface area (Å²) >= 11 is 0. The average Bonchev–Trinajstić information content (AvgIpc) is 3.18. The number of anilines is 1. The largest absolute Gasteiger partial charge is 0.369 e. The molecule has 0 spiro atoms. The summed E-state index contributed by atoms with van der Waals surface area (Å²) in [4.78, 5) is 35.4. The average molecular weight is 391 g/mol. The maximum atomic E-state index is 12.5. The molecular formula is C14H13N7O5S. The van der Waals surface area contributed by atoms with Crippen molar-refractivity contribution in [3.63, 3.8) is 0 Å². The second-order valence-electron chi connectivity index (χ2n) is 5.93. The van der Waals surface area contributed by atoms with Crippen LogP contribution in [0.4, 0.5) is 10.7 Å². The van der Waals surface area contributed by atoms with Gasteiger partial charge in [0.1, 0.15) is 4.90 Å². The topological polar surface area (TPSA) is 177 Å². The molecule has 0 aromatic carbocycles. The lowest BCUT2D eigenvalue weighted by Gasteiger charge is -2.16. The van der Waals surface area contributed by atoms with Crippen LogP contribution >= 0.6 is 0 Å². The van der Waals surface area contributed by atoms with Crippen LogP contribution in [0.2, 0.25) is 0 Å². The van der Waals surface area contributed by atoms with Crippen molar-refractivity contribution >= 4 is 33.1 Å². The van der Waals surface area contributed by atoms with Crippen molar-refractivity contribution in [1.82, 2.24) is 29.7 Å². The van der Waals surface area contributed by atoms with Crippen LogP contribution < -0.4 is 16.0 Å². The van der Waals surface area contributed by atoms with Gasteiger partial charge in [0.05, 0.1) is 41.6 Å². The summed E-state index contributed by atoms with van der Waals surface area (Å²) in [5, 5.41) is 4.12. The quantitative estimate of drug-likeness (QED) is 0.525. The highest BCUT2D eigenvalue weighted by Crippen LogP contribution is 2.21. The van der Waals surface area contributed by atoms with Gasteiger partial charge in [0.2, 0.25) is 5.95 Å². The number of nitrogens with zero attached hydrogens (tertiary/aromatic N) is 4. The highest BCUT2D eigenvalue weighted by Gasteiger charge is 2.30. The van der Waals surface area contributed by atoms with Gasteiger partial charge >= 0.3 is 6.03 Å². The summed E-state index contributed by atoms with van der Waals surface area (Å²) in [6, 6.07) is 0.420. The first-order valence-corrected chi connectivity index (χ1v) is 9.14. The number of aryl methyl sites for hydroxylation is 1. The maximum Gasteiger partial charge on any atom is 0.331 e. The molecule has 4 N–H and O–H groups in total. The first-order valence-electron chi connectivity index (χ1n) is 7.66. The number of urea groups is 1. The number of nitrogen functional groups attached to an aromatic ring is 1. The summed E-state index contributed by atoms with van der Waals surface area (Å²) in [5.41, 5.74) is 6.27. The second-order valence-corrected chi connectivity index (χ2v) is 7.62. The number of hydrogen-bond donors (Lipinski definition) is 3. The molecule has 2 amide bonds. The number of carbonyl (C=O) groups is 1. The van der Waals surface area contributed by atoms with Crippen LogP contribution in [-0.2, 0) is 23.1 Å². The van der Waals surface area contributed by atoms with Gasteiger partial charge in [0.25, 0.3) is 21.3 Å². The van der Waals surface area contributed by atoms with Crippen molar-refractivity contribution < 1.29 is 17.7 Å². The maximum absolute atomic E-state index is 12.5. The van der Waals surface area contributed by atoms with Gasteiger partial charge in [-0.1, -0.05) is 5.16 Å². The van der Waals surface area contributed by atoms with Gasteiger partial charge in [-0.15, -0.1) is 0 Å². The molecule has 1 aliphatic rings. The van der Waals surface area contributed by atoms with E-state index in [0.717, 1.165) is 11.1 Å². The zero-order chi connectivity index (χ0) is 19.3. The lowest BCUT2D eigenvalue weighted by molar-refractivity contribution is 0.204. The first kappa shape index (κ1) is 17.0. The monoisotopic (exact) mass is 391 g/mol. The van der Waals surface area contributed by atoms with Gasteiger partial charge < -0.3 is 15.2 Å². The standard InChI is InChI=1S/C14H13N7O5S/c1-6-8-2-7(3-16-12(8)26-19-6)27(24,25)20-14(23)21-4-9-10(5-21)17-13(15)18-11(9)22/h2-3H,4-5H2,1H3,(H,20,23)(H3,15,17,18,22). The zero-order valence-corrected chi connectivity index (χ0v) is 14.7. The van der Waals surface area contributed by atoms with E-state index in [1.165, 1.54) is 6.07 Å². The molecule has 0 radical (unpaired) electrons. The van der Waals surface area contributed by atoms with Crippen LogP contribution in [0.5, 0.6) is 0 Å². The number of carbonyl (C=O) groups excluding carboxylic acids is 1. The highest BCUT2D eigenvalue weighted by molar-refractivity contribution is 7.90. The molecule has 0 bridgehead atoms. The van der Waals surface area contributed by atoms with Crippen molar-refractivity contribution in [3.05, 3.63) is 39.6 Å². The Labute approximate surface area is 151 Å². The molecule has 0 saturated heterocycles. The van der Waals surface area contributed by atoms with Gasteiger partial charge in [0, 0.05) is 0 Å². The van der Waals surface area contributed by atoms with E-state index in [1.807, 2.05) is 4.72 Å². The zero-order valence-electron chi connectivity index (χ0n) is 13.9. The first-order chi connectivity index (χ1) is 12.7. The minimum absolute atomic E-state index is 0.0349. The summed E-state index contributed by atoms with van der Waals surface area (Å²) < 4.78 is 31.9. The number of amides is 2. The number of fused-ring (bicyclic) bond motifs is 2. The lowest BCUT2D eigenvalue weighted by Crippen LogP contribution is -2.40. The van der Waals surface area contributed by atoms with Crippen molar-refractivity contribution in [1.29, 1.82) is 0 Å². The van der Waals surface area contributed by atoms with Crippen LogP contribution in [0.3, 0.4) is 0 Å².